The third-order valence-corrected chi connectivity index (χ3v) is 3.61. The summed E-state index contributed by atoms with van der Waals surface area (Å²) in [6.45, 7) is 2.05. The Bertz CT molecular complexity index is 617. The molecule has 2 aromatic rings. The molecule has 0 spiro atoms. The van der Waals surface area contributed by atoms with Crippen LogP contribution >= 0.6 is 27.5 Å². The molecule has 96 valence electrons. The maximum absolute atomic E-state index is 9.09. The van der Waals surface area contributed by atoms with E-state index in [0.29, 0.717) is 10.6 Å². The number of hydrogen-bond donors (Lipinski definition) is 1. The second-order valence-corrected chi connectivity index (χ2v) is 5.57. The van der Waals surface area contributed by atoms with Crippen LogP contribution in [0.3, 0.4) is 0 Å². The average molecular weight is 336 g/mol. The van der Waals surface area contributed by atoms with Crippen molar-refractivity contribution in [2.45, 2.75) is 13.0 Å². The molecule has 0 radical (unpaired) electrons. The Morgan fingerprint density at radius 2 is 1.89 bits per heavy atom. The minimum atomic E-state index is 0.0960. The van der Waals surface area contributed by atoms with Gasteiger partial charge in [-0.05, 0) is 42.8 Å². The van der Waals surface area contributed by atoms with E-state index in [1.54, 1.807) is 18.2 Å². The van der Waals surface area contributed by atoms with Gasteiger partial charge >= 0.3 is 0 Å². The topological polar surface area (TPSA) is 35.8 Å². The fraction of sp³-hybridized carbons (Fsp3) is 0.133. The van der Waals surface area contributed by atoms with Gasteiger partial charge in [-0.15, -0.1) is 0 Å². The zero-order valence-electron chi connectivity index (χ0n) is 10.3. The van der Waals surface area contributed by atoms with Crippen LogP contribution in [0.25, 0.3) is 0 Å². The van der Waals surface area contributed by atoms with E-state index in [-0.39, 0.29) is 6.04 Å². The Morgan fingerprint density at radius 3 is 2.53 bits per heavy atom. The predicted octanol–water partition coefficient (Wildman–Crippen LogP) is 5.15. The van der Waals surface area contributed by atoms with Crippen LogP contribution < -0.4 is 5.32 Å². The molecule has 0 amide bonds. The summed E-state index contributed by atoms with van der Waals surface area (Å²) in [6.07, 6.45) is 0. The second kappa shape index (κ2) is 6.10. The molecule has 19 heavy (non-hydrogen) atoms. The standard InChI is InChI=1S/C15H12BrClN2/c1-10(11-2-5-13(16)6-3-11)19-15-8-14(17)7-4-12(15)9-18/h2-8,10,19H,1H3. The van der Waals surface area contributed by atoms with Gasteiger partial charge in [0.05, 0.1) is 11.3 Å². The van der Waals surface area contributed by atoms with Gasteiger partial charge in [-0.3, -0.25) is 0 Å². The van der Waals surface area contributed by atoms with Gasteiger partial charge in [0, 0.05) is 15.5 Å². The van der Waals surface area contributed by atoms with E-state index >= 15 is 0 Å². The van der Waals surface area contributed by atoms with Gasteiger partial charge in [0.15, 0.2) is 0 Å². The van der Waals surface area contributed by atoms with Crippen LogP contribution in [0.5, 0.6) is 0 Å². The molecule has 1 N–H and O–H groups in total. The monoisotopic (exact) mass is 334 g/mol. The van der Waals surface area contributed by atoms with Crippen molar-refractivity contribution in [3.8, 4) is 6.07 Å². The molecule has 0 aliphatic heterocycles. The summed E-state index contributed by atoms with van der Waals surface area (Å²) in [5.41, 5.74) is 2.49. The van der Waals surface area contributed by atoms with E-state index in [9.17, 15) is 0 Å². The fourth-order valence-corrected chi connectivity index (χ4v) is 2.24. The molecule has 2 rings (SSSR count). The summed E-state index contributed by atoms with van der Waals surface area (Å²) in [5.74, 6) is 0. The smallest absolute Gasteiger partial charge is 0.101 e. The molecule has 0 aliphatic carbocycles. The Labute approximate surface area is 126 Å². The molecule has 0 saturated carbocycles. The molecule has 1 atom stereocenters. The Balaban J connectivity index is 2.23. The molecule has 2 nitrogen and oxygen atoms in total. The van der Waals surface area contributed by atoms with Crippen molar-refractivity contribution in [1.82, 2.24) is 0 Å². The lowest BCUT2D eigenvalue weighted by Crippen LogP contribution is -2.07. The van der Waals surface area contributed by atoms with Crippen molar-refractivity contribution in [3.63, 3.8) is 0 Å². The Kier molecular flexibility index (Phi) is 4.47. The van der Waals surface area contributed by atoms with Crippen LogP contribution in [0.4, 0.5) is 5.69 Å². The zero-order valence-corrected chi connectivity index (χ0v) is 12.7. The largest absolute Gasteiger partial charge is 0.377 e. The zero-order chi connectivity index (χ0) is 13.8. The van der Waals surface area contributed by atoms with Crippen LogP contribution in [0.15, 0.2) is 46.9 Å². The van der Waals surface area contributed by atoms with Gasteiger partial charge < -0.3 is 5.32 Å². The number of halogens is 2. The number of nitrogens with zero attached hydrogens (tertiary/aromatic N) is 1. The summed E-state index contributed by atoms with van der Waals surface area (Å²) in [4.78, 5) is 0. The van der Waals surface area contributed by atoms with E-state index < -0.39 is 0 Å². The molecule has 0 saturated heterocycles. The summed E-state index contributed by atoms with van der Waals surface area (Å²) < 4.78 is 1.05. The maximum Gasteiger partial charge on any atom is 0.101 e. The van der Waals surface area contributed by atoms with Crippen LogP contribution in [0, 0.1) is 11.3 Å². The van der Waals surface area contributed by atoms with E-state index in [1.165, 1.54) is 0 Å². The third kappa shape index (κ3) is 3.50. The minimum Gasteiger partial charge on any atom is -0.377 e. The molecule has 1 unspecified atom stereocenters. The normalized spacial score (nSPS) is 11.7. The highest BCUT2D eigenvalue weighted by atomic mass is 79.9. The molecule has 0 heterocycles. The number of nitriles is 1. The molecular formula is C15H12BrClN2. The van der Waals surface area contributed by atoms with Crippen molar-refractivity contribution in [3.05, 3.63) is 63.1 Å². The van der Waals surface area contributed by atoms with Crippen LogP contribution in [-0.4, -0.2) is 0 Å². The van der Waals surface area contributed by atoms with Gasteiger partial charge in [0.2, 0.25) is 0 Å². The number of hydrogen-bond acceptors (Lipinski definition) is 2. The van der Waals surface area contributed by atoms with E-state index in [0.717, 1.165) is 15.7 Å². The summed E-state index contributed by atoms with van der Waals surface area (Å²) in [7, 11) is 0. The number of nitrogens with one attached hydrogen (secondary N) is 1. The molecule has 0 aliphatic rings. The minimum absolute atomic E-state index is 0.0960. The highest BCUT2D eigenvalue weighted by Gasteiger charge is 2.09. The maximum atomic E-state index is 9.09. The predicted molar refractivity (Wildman–Crippen MR) is 82.3 cm³/mol. The second-order valence-electron chi connectivity index (χ2n) is 4.22. The van der Waals surface area contributed by atoms with E-state index in [1.807, 2.05) is 31.2 Å². The SMILES string of the molecule is CC(Nc1cc(Cl)ccc1C#N)c1ccc(Br)cc1. The van der Waals surface area contributed by atoms with Gasteiger partial charge in [-0.1, -0.05) is 39.7 Å². The number of anilines is 1. The highest BCUT2D eigenvalue weighted by Crippen LogP contribution is 2.25. The third-order valence-electron chi connectivity index (χ3n) is 2.84. The highest BCUT2D eigenvalue weighted by molar-refractivity contribution is 9.10. The quantitative estimate of drug-likeness (QED) is 0.842. The molecule has 0 aromatic heterocycles. The molecule has 4 heteroatoms. The fourth-order valence-electron chi connectivity index (χ4n) is 1.80. The lowest BCUT2D eigenvalue weighted by Gasteiger charge is -2.17. The Morgan fingerprint density at radius 1 is 1.21 bits per heavy atom. The first kappa shape index (κ1) is 13.9. The first-order valence-electron chi connectivity index (χ1n) is 5.82. The molecule has 0 bridgehead atoms. The van der Waals surface area contributed by atoms with Crippen molar-refractivity contribution in [2.24, 2.45) is 0 Å². The van der Waals surface area contributed by atoms with Gasteiger partial charge in [0.25, 0.3) is 0 Å². The Hall–Kier alpha value is -1.50. The van der Waals surface area contributed by atoms with Crippen LogP contribution in [-0.2, 0) is 0 Å². The van der Waals surface area contributed by atoms with Gasteiger partial charge in [-0.25, -0.2) is 0 Å². The van der Waals surface area contributed by atoms with Crippen molar-refractivity contribution in [1.29, 1.82) is 5.26 Å². The lowest BCUT2D eigenvalue weighted by atomic mass is 10.1. The van der Waals surface area contributed by atoms with Crippen molar-refractivity contribution < 1.29 is 0 Å². The van der Waals surface area contributed by atoms with Gasteiger partial charge in [0.1, 0.15) is 6.07 Å². The van der Waals surface area contributed by atoms with Gasteiger partial charge in [-0.2, -0.15) is 5.26 Å². The summed E-state index contributed by atoms with van der Waals surface area (Å²) >= 11 is 9.38. The van der Waals surface area contributed by atoms with Crippen molar-refractivity contribution in [2.75, 3.05) is 5.32 Å². The van der Waals surface area contributed by atoms with E-state index in [2.05, 4.69) is 27.3 Å². The molecule has 0 fully saturated rings. The average Bonchev–Trinajstić information content (AvgIpc) is 2.39. The first-order valence-corrected chi connectivity index (χ1v) is 6.99. The van der Waals surface area contributed by atoms with E-state index in [4.69, 9.17) is 16.9 Å². The lowest BCUT2D eigenvalue weighted by molar-refractivity contribution is 0.883. The summed E-state index contributed by atoms with van der Waals surface area (Å²) in [6, 6.07) is 15.5. The summed E-state index contributed by atoms with van der Waals surface area (Å²) in [5, 5.41) is 13.0. The van der Waals surface area contributed by atoms with Crippen LogP contribution in [0.2, 0.25) is 5.02 Å². The van der Waals surface area contributed by atoms with Crippen molar-refractivity contribution >= 4 is 33.2 Å². The number of rotatable bonds is 3. The molecular weight excluding hydrogens is 324 g/mol. The molecule has 2 aromatic carbocycles. The number of benzene rings is 2. The van der Waals surface area contributed by atoms with Crippen LogP contribution in [0.1, 0.15) is 24.1 Å². The first-order chi connectivity index (χ1) is 9.10.